The lowest BCUT2D eigenvalue weighted by Gasteiger charge is -2.22. The summed E-state index contributed by atoms with van der Waals surface area (Å²) in [6, 6.07) is 17.1. The van der Waals surface area contributed by atoms with Crippen LogP contribution in [0.4, 0.5) is 13.2 Å². The third kappa shape index (κ3) is 1.94. The van der Waals surface area contributed by atoms with Gasteiger partial charge >= 0.3 is 6.68 Å². The SMILES string of the molecule is FC(F)F.c1ccc2c(c1)-c1ccccc1-2. The van der Waals surface area contributed by atoms with Crippen LogP contribution >= 0.6 is 0 Å². The van der Waals surface area contributed by atoms with Gasteiger partial charge in [0.2, 0.25) is 0 Å². The molecule has 0 heterocycles. The molecular formula is C13H9F3. The summed E-state index contributed by atoms with van der Waals surface area (Å²) in [5, 5.41) is 0. The quantitative estimate of drug-likeness (QED) is 0.525. The maximum atomic E-state index is 9.67. The minimum Gasteiger partial charge on any atom is -0.174 e. The van der Waals surface area contributed by atoms with Crippen molar-refractivity contribution >= 4 is 0 Å². The smallest absolute Gasteiger partial charge is 0.174 e. The van der Waals surface area contributed by atoms with Crippen molar-refractivity contribution in [3.05, 3.63) is 48.5 Å². The maximum Gasteiger partial charge on any atom is 0.379 e. The summed E-state index contributed by atoms with van der Waals surface area (Å²) in [5.41, 5.74) is 5.59. The van der Waals surface area contributed by atoms with Gasteiger partial charge in [0.1, 0.15) is 0 Å². The molecule has 0 aliphatic heterocycles. The Balaban J connectivity index is 0.000000212. The highest BCUT2D eigenvalue weighted by Gasteiger charge is 2.19. The molecule has 0 saturated heterocycles. The predicted molar refractivity (Wildman–Crippen MR) is 58.0 cm³/mol. The lowest BCUT2D eigenvalue weighted by atomic mass is 9.81. The summed E-state index contributed by atoms with van der Waals surface area (Å²) in [7, 11) is 0. The van der Waals surface area contributed by atoms with E-state index in [1.165, 1.54) is 22.3 Å². The van der Waals surface area contributed by atoms with Gasteiger partial charge in [0.15, 0.2) is 0 Å². The second-order valence-corrected chi connectivity index (χ2v) is 3.34. The zero-order valence-corrected chi connectivity index (χ0v) is 8.33. The van der Waals surface area contributed by atoms with Crippen LogP contribution in [0.1, 0.15) is 0 Å². The van der Waals surface area contributed by atoms with E-state index in [-0.39, 0.29) is 0 Å². The number of hydrogen-bond acceptors (Lipinski definition) is 0. The molecule has 82 valence electrons. The number of alkyl halides is 3. The van der Waals surface area contributed by atoms with Crippen LogP contribution in [0, 0.1) is 0 Å². The fourth-order valence-electron chi connectivity index (χ4n) is 1.84. The van der Waals surface area contributed by atoms with Gasteiger partial charge in [0.05, 0.1) is 0 Å². The zero-order chi connectivity index (χ0) is 11.5. The molecule has 0 nitrogen and oxygen atoms in total. The Morgan fingerprint density at radius 3 is 0.938 bits per heavy atom. The van der Waals surface area contributed by atoms with Gasteiger partial charge in [-0.25, -0.2) is 0 Å². The van der Waals surface area contributed by atoms with E-state index in [4.69, 9.17) is 0 Å². The van der Waals surface area contributed by atoms with Crippen molar-refractivity contribution in [2.24, 2.45) is 0 Å². The number of rotatable bonds is 0. The van der Waals surface area contributed by atoms with E-state index in [9.17, 15) is 13.2 Å². The van der Waals surface area contributed by atoms with E-state index in [1.807, 2.05) is 0 Å². The Morgan fingerprint density at radius 2 is 0.750 bits per heavy atom. The fourth-order valence-corrected chi connectivity index (χ4v) is 1.84. The first-order valence-electron chi connectivity index (χ1n) is 4.81. The van der Waals surface area contributed by atoms with Crippen molar-refractivity contribution in [3.63, 3.8) is 0 Å². The molecule has 0 unspecified atom stereocenters. The van der Waals surface area contributed by atoms with E-state index in [1.54, 1.807) is 0 Å². The lowest BCUT2D eigenvalue weighted by molar-refractivity contribution is 0.00819. The zero-order valence-electron chi connectivity index (χ0n) is 8.33. The molecule has 0 N–H and O–H groups in total. The second kappa shape index (κ2) is 4.39. The highest BCUT2D eigenvalue weighted by molar-refractivity contribution is 6.01. The van der Waals surface area contributed by atoms with Crippen LogP contribution in [-0.4, -0.2) is 6.68 Å². The number of halogens is 3. The van der Waals surface area contributed by atoms with Gasteiger partial charge in [0.25, 0.3) is 0 Å². The van der Waals surface area contributed by atoms with Crippen LogP contribution in [0.2, 0.25) is 0 Å². The van der Waals surface area contributed by atoms with E-state index in [0.29, 0.717) is 0 Å². The van der Waals surface area contributed by atoms with Gasteiger partial charge < -0.3 is 0 Å². The van der Waals surface area contributed by atoms with Crippen molar-refractivity contribution in [1.29, 1.82) is 0 Å². The Bertz CT molecular complexity index is 389. The van der Waals surface area contributed by atoms with Gasteiger partial charge in [-0.3, -0.25) is 0 Å². The Labute approximate surface area is 91.4 Å². The summed E-state index contributed by atoms with van der Waals surface area (Å²) < 4.78 is 29.0. The summed E-state index contributed by atoms with van der Waals surface area (Å²) in [6.45, 7) is -3.67. The van der Waals surface area contributed by atoms with Crippen molar-refractivity contribution in [1.82, 2.24) is 0 Å². The summed E-state index contributed by atoms with van der Waals surface area (Å²) in [4.78, 5) is 0. The molecule has 3 rings (SSSR count). The minimum atomic E-state index is -3.67. The molecule has 0 amide bonds. The number of fused-ring (bicyclic) bond motifs is 4. The summed E-state index contributed by atoms with van der Waals surface area (Å²) >= 11 is 0. The van der Waals surface area contributed by atoms with Crippen molar-refractivity contribution in [3.8, 4) is 22.3 Å². The first-order chi connectivity index (χ1) is 7.70. The molecule has 0 aromatic heterocycles. The Kier molecular flexibility index (Phi) is 2.95. The summed E-state index contributed by atoms with van der Waals surface area (Å²) in [6.07, 6.45) is 0. The molecule has 0 fully saturated rings. The molecule has 2 aromatic rings. The summed E-state index contributed by atoms with van der Waals surface area (Å²) in [5.74, 6) is 0. The standard InChI is InChI=1S/C12H8.CHF3/c1-2-6-10-9(5-1)11-7-3-4-8-12(10)11;2-1(3)4/h1-8H;1H. The van der Waals surface area contributed by atoms with Gasteiger partial charge in [0, 0.05) is 0 Å². The number of hydrogen-bond donors (Lipinski definition) is 0. The molecule has 1 aliphatic carbocycles. The predicted octanol–water partition coefficient (Wildman–Crippen LogP) is 4.51. The maximum absolute atomic E-state index is 9.67. The largest absolute Gasteiger partial charge is 0.379 e. The van der Waals surface area contributed by atoms with Gasteiger partial charge in [-0.15, -0.1) is 0 Å². The van der Waals surface area contributed by atoms with Gasteiger partial charge in [-0.2, -0.15) is 13.2 Å². The van der Waals surface area contributed by atoms with Gasteiger partial charge in [-0.1, -0.05) is 48.5 Å². The monoisotopic (exact) mass is 222 g/mol. The van der Waals surface area contributed by atoms with Crippen LogP contribution in [0.15, 0.2) is 48.5 Å². The molecule has 1 aliphatic rings. The van der Waals surface area contributed by atoms with Crippen LogP contribution in [-0.2, 0) is 0 Å². The molecule has 0 radical (unpaired) electrons. The molecule has 0 saturated carbocycles. The first kappa shape index (κ1) is 10.7. The van der Waals surface area contributed by atoms with Gasteiger partial charge in [-0.05, 0) is 22.3 Å². The third-order valence-electron chi connectivity index (χ3n) is 2.43. The van der Waals surface area contributed by atoms with Crippen molar-refractivity contribution in [2.45, 2.75) is 6.68 Å². The van der Waals surface area contributed by atoms with E-state index < -0.39 is 6.68 Å². The van der Waals surface area contributed by atoms with Crippen LogP contribution in [0.5, 0.6) is 0 Å². The highest BCUT2D eigenvalue weighted by Crippen LogP contribution is 2.46. The normalized spacial score (nSPS) is 10.8. The highest BCUT2D eigenvalue weighted by atomic mass is 19.4. The fraction of sp³-hybridized carbons (Fsp3) is 0.0769. The minimum absolute atomic E-state index is 1.40. The van der Waals surface area contributed by atoms with Crippen molar-refractivity contribution < 1.29 is 13.2 Å². The van der Waals surface area contributed by atoms with Crippen LogP contribution < -0.4 is 0 Å². The van der Waals surface area contributed by atoms with E-state index in [0.717, 1.165) is 0 Å². The molecule has 16 heavy (non-hydrogen) atoms. The first-order valence-corrected chi connectivity index (χ1v) is 4.81. The van der Waals surface area contributed by atoms with Crippen LogP contribution in [0.25, 0.3) is 22.3 Å². The molecular weight excluding hydrogens is 213 g/mol. The average molecular weight is 222 g/mol. The molecule has 2 aromatic carbocycles. The van der Waals surface area contributed by atoms with E-state index in [2.05, 4.69) is 48.5 Å². The number of benzene rings is 2. The second-order valence-electron chi connectivity index (χ2n) is 3.34. The van der Waals surface area contributed by atoms with Crippen LogP contribution in [0.3, 0.4) is 0 Å². The Hall–Kier alpha value is -1.77. The molecule has 3 heteroatoms. The molecule has 0 spiro atoms. The lowest BCUT2D eigenvalue weighted by Crippen LogP contribution is -1.96. The molecule has 0 bridgehead atoms. The Morgan fingerprint density at radius 1 is 0.562 bits per heavy atom. The topological polar surface area (TPSA) is 0 Å². The average Bonchev–Trinajstić information content (AvgIpc) is 2.25. The molecule has 0 atom stereocenters. The third-order valence-corrected chi connectivity index (χ3v) is 2.43. The van der Waals surface area contributed by atoms with Crippen molar-refractivity contribution in [2.75, 3.05) is 0 Å². The van der Waals surface area contributed by atoms with E-state index >= 15 is 0 Å².